The van der Waals surface area contributed by atoms with Crippen molar-refractivity contribution >= 4 is 34.9 Å². The molecule has 37 heavy (non-hydrogen) atoms. The molecule has 0 saturated heterocycles. The van der Waals surface area contributed by atoms with Crippen molar-refractivity contribution in [2.24, 2.45) is 0 Å². The molecule has 2 aliphatic heterocycles. The molecule has 3 amide bonds. The van der Waals surface area contributed by atoms with Crippen LogP contribution < -0.4 is 19.7 Å². The Balaban J connectivity index is 1.40. The number of amides is 3. The highest BCUT2D eigenvalue weighted by molar-refractivity contribution is 6.52. The SMILES string of the molecule is CCC(C(=O)Nc1ccc2c(c1)OCO2)N(Cc1cccnc1)C(=O)CN1C(=O)C(=O)c2ccccc21. The number of hydrogen-bond donors (Lipinski definition) is 1. The van der Waals surface area contributed by atoms with Crippen LogP contribution in [0.4, 0.5) is 11.4 Å². The summed E-state index contributed by atoms with van der Waals surface area (Å²) in [4.78, 5) is 58.9. The molecule has 188 valence electrons. The first kappa shape index (κ1) is 24.0. The van der Waals surface area contributed by atoms with Gasteiger partial charge in [0, 0.05) is 30.7 Å². The van der Waals surface area contributed by atoms with Crippen molar-refractivity contribution in [1.29, 1.82) is 0 Å². The van der Waals surface area contributed by atoms with E-state index < -0.39 is 29.5 Å². The van der Waals surface area contributed by atoms with Crippen LogP contribution in [0.5, 0.6) is 11.5 Å². The highest BCUT2D eigenvalue weighted by Gasteiger charge is 2.38. The van der Waals surface area contributed by atoms with Crippen molar-refractivity contribution in [1.82, 2.24) is 9.88 Å². The van der Waals surface area contributed by atoms with Crippen molar-refractivity contribution in [2.75, 3.05) is 23.6 Å². The highest BCUT2D eigenvalue weighted by Crippen LogP contribution is 2.34. The number of pyridine rings is 1. The summed E-state index contributed by atoms with van der Waals surface area (Å²) in [6.07, 6.45) is 3.54. The molecule has 10 nitrogen and oxygen atoms in total. The van der Waals surface area contributed by atoms with E-state index in [1.54, 1.807) is 73.9 Å². The Morgan fingerprint density at radius 1 is 1.08 bits per heavy atom. The zero-order valence-electron chi connectivity index (χ0n) is 20.0. The molecule has 1 atom stereocenters. The maximum atomic E-state index is 13.7. The van der Waals surface area contributed by atoms with Gasteiger partial charge in [-0.05, 0) is 42.3 Å². The first-order valence-corrected chi connectivity index (χ1v) is 11.8. The summed E-state index contributed by atoms with van der Waals surface area (Å²) in [7, 11) is 0. The topological polar surface area (TPSA) is 118 Å². The zero-order valence-corrected chi connectivity index (χ0v) is 20.0. The Morgan fingerprint density at radius 3 is 2.68 bits per heavy atom. The van der Waals surface area contributed by atoms with Crippen molar-refractivity contribution in [3.8, 4) is 11.5 Å². The standard InChI is InChI=1S/C27H24N4O6/c1-2-20(26(34)29-18-9-10-22-23(12-18)37-16-36-22)30(14-17-6-5-11-28-13-17)24(32)15-31-21-8-4-3-7-19(21)25(33)27(31)35/h3-13,20H,2,14-16H2,1H3,(H,29,34). The first-order valence-electron chi connectivity index (χ1n) is 11.8. The van der Waals surface area contributed by atoms with Gasteiger partial charge >= 0.3 is 0 Å². The van der Waals surface area contributed by atoms with Crippen molar-refractivity contribution in [3.05, 3.63) is 78.1 Å². The lowest BCUT2D eigenvalue weighted by atomic mass is 10.1. The van der Waals surface area contributed by atoms with Gasteiger partial charge in [0.2, 0.25) is 18.6 Å². The molecule has 0 bridgehead atoms. The molecule has 0 saturated carbocycles. The monoisotopic (exact) mass is 500 g/mol. The third-order valence-electron chi connectivity index (χ3n) is 6.27. The Bertz CT molecular complexity index is 1380. The summed E-state index contributed by atoms with van der Waals surface area (Å²) in [6, 6.07) is 14.3. The van der Waals surface area contributed by atoms with Gasteiger partial charge in [0.05, 0.1) is 11.3 Å². The number of nitrogens with zero attached hydrogens (tertiary/aromatic N) is 3. The minimum atomic E-state index is -0.859. The van der Waals surface area contributed by atoms with E-state index in [4.69, 9.17) is 9.47 Å². The number of rotatable bonds is 8. The molecule has 10 heteroatoms. The zero-order chi connectivity index (χ0) is 25.9. The minimum absolute atomic E-state index is 0.0946. The van der Waals surface area contributed by atoms with Crippen LogP contribution >= 0.6 is 0 Å². The second kappa shape index (κ2) is 10.1. The average molecular weight is 501 g/mol. The Morgan fingerprint density at radius 2 is 1.89 bits per heavy atom. The van der Waals surface area contributed by atoms with Gasteiger partial charge in [0.25, 0.3) is 11.7 Å². The highest BCUT2D eigenvalue weighted by atomic mass is 16.7. The van der Waals surface area contributed by atoms with E-state index in [1.165, 1.54) is 9.80 Å². The molecule has 2 aromatic carbocycles. The molecule has 1 aromatic heterocycles. The third-order valence-corrected chi connectivity index (χ3v) is 6.27. The van der Waals surface area contributed by atoms with Crippen LogP contribution in [0.2, 0.25) is 0 Å². The Labute approximate surface area is 212 Å². The molecule has 3 aromatic rings. The summed E-state index contributed by atoms with van der Waals surface area (Å²) >= 11 is 0. The summed E-state index contributed by atoms with van der Waals surface area (Å²) in [6.45, 7) is 1.62. The number of ketones is 1. The van der Waals surface area contributed by atoms with Gasteiger partial charge in [-0.1, -0.05) is 25.1 Å². The van der Waals surface area contributed by atoms with Gasteiger partial charge in [0.1, 0.15) is 12.6 Å². The average Bonchev–Trinajstić information content (AvgIpc) is 3.47. The van der Waals surface area contributed by atoms with Crippen LogP contribution in [0.15, 0.2) is 67.0 Å². The molecule has 5 rings (SSSR count). The fourth-order valence-corrected chi connectivity index (χ4v) is 4.44. The molecule has 2 aliphatic rings. The van der Waals surface area contributed by atoms with Gasteiger partial charge < -0.3 is 19.7 Å². The number of para-hydroxylation sites is 1. The molecule has 0 spiro atoms. The molecule has 1 N–H and O–H groups in total. The number of Topliss-reactive ketones (excluding diaryl/α,β-unsaturated/α-hetero) is 1. The van der Waals surface area contributed by atoms with Gasteiger partial charge in [-0.25, -0.2) is 0 Å². The molecule has 3 heterocycles. The Hall–Kier alpha value is -4.73. The fourth-order valence-electron chi connectivity index (χ4n) is 4.44. The minimum Gasteiger partial charge on any atom is -0.454 e. The smallest absolute Gasteiger partial charge is 0.299 e. The van der Waals surface area contributed by atoms with Crippen LogP contribution in [0, 0.1) is 0 Å². The van der Waals surface area contributed by atoms with E-state index in [-0.39, 0.29) is 25.4 Å². The number of hydrogen-bond acceptors (Lipinski definition) is 7. The van der Waals surface area contributed by atoms with E-state index in [9.17, 15) is 19.2 Å². The van der Waals surface area contributed by atoms with Crippen molar-refractivity contribution in [2.45, 2.75) is 25.9 Å². The van der Waals surface area contributed by atoms with E-state index in [1.807, 2.05) is 0 Å². The third kappa shape index (κ3) is 4.73. The second-order valence-electron chi connectivity index (χ2n) is 8.60. The van der Waals surface area contributed by atoms with Gasteiger partial charge in [-0.15, -0.1) is 0 Å². The predicted octanol–water partition coefficient (Wildman–Crippen LogP) is 2.79. The number of carbonyl (C=O) groups is 4. The Kier molecular flexibility index (Phi) is 6.55. The molecule has 0 fully saturated rings. The quantitative estimate of drug-likeness (QED) is 0.473. The summed E-state index contributed by atoms with van der Waals surface area (Å²) < 4.78 is 10.7. The largest absolute Gasteiger partial charge is 0.454 e. The second-order valence-corrected chi connectivity index (χ2v) is 8.60. The number of nitrogens with one attached hydrogen (secondary N) is 1. The van der Waals surface area contributed by atoms with Crippen LogP contribution in [-0.2, 0) is 20.9 Å². The molecule has 0 aliphatic carbocycles. The van der Waals surface area contributed by atoms with E-state index in [2.05, 4.69) is 10.3 Å². The van der Waals surface area contributed by atoms with Crippen molar-refractivity contribution in [3.63, 3.8) is 0 Å². The van der Waals surface area contributed by atoms with E-state index in [0.29, 0.717) is 29.3 Å². The fraction of sp³-hybridized carbons (Fsp3) is 0.222. The van der Waals surface area contributed by atoms with Crippen LogP contribution in [0.3, 0.4) is 0 Å². The predicted molar refractivity (Wildman–Crippen MR) is 133 cm³/mol. The molecule has 0 radical (unpaired) electrons. The van der Waals surface area contributed by atoms with Crippen LogP contribution in [0.1, 0.15) is 29.3 Å². The molecular formula is C27H24N4O6. The molecular weight excluding hydrogens is 476 g/mol. The van der Waals surface area contributed by atoms with Crippen LogP contribution in [0.25, 0.3) is 0 Å². The maximum Gasteiger partial charge on any atom is 0.299 e. The number of ether oxygens (including phenoxy) is 2. The number of anilines is 2. The van der Waals surface area contributed by atoms with Gasteiger partial charge in [-0.3, -0.25) is 29.1 Å². The lowest BCUT2D eigenvalue weighted by Gasteiger charge is -2.32. The maximum absolute atomic E-state index is 13.7. The molecule has 1 unspecified atom stereocenters. The van der Waals surface area contributed by atoms with Gasteiger partial charge in [-0.2, -0.15) is 0 Å². The summed E-state index contributed by atoms with van der Waals surface area (Å²) in [5.41, 5.74) is 1.85. The normalized spacial score (nSPS) is 14.4. The van der Waals surface area contributed by atoms with E-state index in [0.717, 1.165) is 5.56 Å². The van der Waals surface area contributed by atoms with Crippen LogP contribution in [-0.4, -0.2) is 52.8 Å². The number of carbonyl (C=O) groups excluding carboxylic acids is 4. The first-order chi connectivity index (χ1) is 18.0. The summed E-state index contributed by atoms with van der Waals surface area (Å²) in [5.74, 6) is -1.20. The lowest BCUT2D eigenvalue weighted by molar-refractivity contribution is -0.138. The lowest BCUT2D eigenvalue weighted by Crippen LogP contribution is -2.50. The van der Waals surface area contributed by atoms with E-state index >= 15 is 0 Å². The van der Waals surface area contributed by atoms with Gasteiger partial charge in [0.15, 0.2) is 11.5 Å². The van der Waals surface area contributed by atoms with Crippen molar-refractivity contribution < 1.29 is 28.7 Å². The summed E-state index contributed by atoms with van der Waals surface area (Å²) in [5, 5.41) is 2.85. The number of benzene rings is 2. The number of fused-ring (bicyclic) bond motifs is 2. The number of aromatic nitrogens is 1.